The van der Waals surface area contributed by atoms with Gasteiger partial charge in [0.05, 0.1) is 23.0 Å². The second-order valence-electron chi connectivity index (χ2n) is 6.34. The molecule has 2 aromatic carbocycles. The summed E-state index contributed by atoms with van der Waals surface area (Å²) in [4.78, 5) is 23.3. The molecule has 0 unspecified atom stereocenters. The highest BCUT2D eigenvalue weighted by atomic mass is 127. The third kappa shape index (κ3) is 7.97. The van der Waals surface area contributed by atoms with E-state index in [1.54, 1.807) is 43.3 Å². The van der Waals surface area contributed by atoms with Crippen molar-refractivity contribution < 1.29 is 33.6 Å². The molecule has 0 fully saturated rings. The van der Waals surface area contributed by atoms with Gasteiger partial charge in [-0.05, 0) is 72.3 Å². The number of hydrazone groups is 1. The Balaban J connectivity index is 2.15. The zero-order chi connectivity index (χ0) is 24.2. The summed E-state index contributed by atoms with van der Waals surface area (Å²) in [5.74, 6) is 0.167. The van der Waals surface area contributed by atoms with Crippen molar-refractivity contribution in [2.24, 2.45) is 5.10 Å². The molecule has 0 bridgehead atoms. The molecule has 0 radical (unpaired) electrons. The van der Waals surface area contributed by atoms with E-state index in [0.29, 0.717) is 57.5 Å². The van der Waals surface area contributed by atoms with Crippen molar-refractivity contribution in [2.75, 3.05) is 26.4 Å². The highest BCUT2D eigenvalue weighted by Gasteiger charge is 2.14. The van der Waals surface area contributed by atoms with Crippen LogP contribution in [0.4, 0.5) is 0 Å². The third-order valence-electron chi connectivity index (χ3n) is 3.91. The predicted octanol–water partition coefficient (Wildman–Crippen LogP) is 3.88. The van der Waals surface area contributed by atoms with E-state index in [2.05, 4.69) is 17.1 Å². The molecular weight excluding hydrogens is 543 g/mol. The van der Waals surface area contributed by atoms with Gasteiger partial charge in [-0.25, -0.2) is 10.2 Å². The Morgan fingerprint density at radius 2 is 1.79 bits per heavy atom. The minimum atomic E-state index is -1.09. The maximum absolute atomic E-state index is 12.5. The smallest absolute Gasteiger partial charge is 0.341 e. The van der Waals surface area contributed by atoms with Gasteiger partial charge in [0.25, 0.3) is 5.91 Å². The maximum Gasteiger partial charge on any atom is 0.341 e. The normalized spacial score (nSPS) is 10.5. The van der Waals surface area contributed by atoms with Crippen molar-refractivity contribution in [3.05, 3.63) is 57.7 Å². The maximum atomic E-state index is 12.5. The summed E-state index contributed by atoms with van der Waals surface area (Å²) in [6, 6.07) is 8.22. The first-order valence-corrected chi connectivity index (χ1v) is 11.1. The number of amides is 1. The number of carboxylic acids is 1. The van der Waals surface area contributed by atoms with Gasteiger partial charge in [0.2, 0.25) is 0 Å². The van der Waals surface area contributed by atoms with Crippen LogP contribution in [-0.2, 0) is 4.79 Å². The first-order valence-electron chi connectivity index (χ1n) is 10.0. The van der Waals surface area contributed by atoms with Crippen LogP contribution in [0.2, 0.25) is 0 Å². The summed E-state index contributed by atoms with van der Waals surface area (Å²) < 4.78 is 22.6. The highest BCUT2D eigenvalue weighted by Crippen LogP contribution is 2.34. The van der Waals surface area contributed by atoms with E-state index in [4.69, 9.17) is 24.1 Å². The van der Waals surface area contributed by atoms with Gasteiger partial charge in [0.15, 0.2) is 29.6 Å². The van der Waals surface area contributed by atoms with Crippen LogP contribution in [0.3, 0.4) is 0 Å². The number of aliphatic carboxylic acids is 1. The number of nitrogens with zero attached hydrogens (tertiary/aromatic N) is 1. The molecule has 2 rings (SSSR count). The molecule has 2 N–H and O–H groups in total. The van der Waals surface area contributed by atoms with Crippen LogP contribution in [0.1, 0.15) is 29.8 Å². The lowest BCUT2D eigenvalue weighted by Gasteiger charge is -2.13. The molecule has 2 aromatic rings. The van der Waals surface area contributed by atoms with Crippen LogP contribution in [0.25, 0.3) is 0 Å². The summed E-state index contributed by atoms with van der Waals surface area (Å²) >= 11 is 2.02. The molecule has 10 heteroatoms. The zero-order valence-electron chi connectivity index (χ0n) is 18.3. The lowest BCUT2D eigenvalue weighted by molar-refractivity contribution is -0.139. The molecule has 0 aliphatic heterocycles. The van der Waals surface area contributed by atoms with Crippen LogP contribution in [0.15, 0.2) is 48.1 Å². The lowest BCUT2D eigenvalue weighted by Crippen LogP contribution is -2.18. The molecule has 0 atom stereocenters. The Hall–Kier alpha value is -3.28. The van der Waals surface area contributed by atoms with E-state index in [1.807, 2.05) is 29.5 Å². The molecule has 0 saturated carbocycles. The Bertz CT molecular complexity index is 1020. The van der Waals surface area contributed by atoms with Crippen molar-refractivity contribution in [1.29, 1.82) is 0 Å². The van der Waals surface area contributed by atoms with Crippen LogP contribution in [0, 0.1) is 3.57 Å². The van der Waals surface area contributed by atoms with Crippen molar-refractivity contribution in [2.45, 2.75) is 13.8 Å². The molecule has 9 nitrogen and oxygen atoms in total. The molecule has 0 aromatic heterocycles. The van der Waals surface area contributed by atoms with E-state index < -0.39 is 18.5 Å². The number of hydrogen-bond donors (Lipinski definition) is 2. The SMILES string of the molecule is C=CCOc1ccc(C(=O)N/N=C/c2cc(I)c(OCC(=O)O)c(OCC)c2)cc1OCC. The number of hydrogen-bond acceptors (Lipinski definition) is 7. The monoisotopic (exact) mass is 568 g/mol. The standard InChI is InChI=1S/C23H25IN2O7/c1-4-9-32-18-8-7-16(12-19(18)30-5-2)23(29)26-25-13-15-10-17(24)22(33-14-21(27)28)20(11-15)31-6-3/h4,7-8,10-13H,1,5-6,9,14H2,2-3H3,(H,26,29)(H,27,28)/b25-13+. The summed E-state index contributed by atoms with van der Waals surface area (Å²) in [6.07, 6.45) is 3.07. The van der Waals surface area contributed by atoms with Crippen molar-refractivity contribution in [1.82, 2.24) is 5.43 Å². The van der Waals surface area contributed by atoms with E-state index in [9.17, 15) is 9.59 Å². The number of carbonyl (C=O) groups is 2. The second kappa shape index (κ2) is 13.3. The van der Waals surface area contributed by atoms with Gasteiger partial charge in [0, 0.05) is 5.56 Å². The van der Waals surface area contributed by atoms with E-state index in [1.165, 1.54) is 6.21 Å². The van der Waals surface area contributed by atoms with Crippen LogP contribution < -0.4 is 24.4 Å². The second-order valence-corrected chi connectivity index (χ2v) is 7.50. The summed E-state index contributed by atoms with van der Waals surface area (Å²) in [7, 11) is 0. The molecule has 0 spiro atoms. The predicted molar refractivity (Wildman–Crippen MR) is 132 cm³/mol. The fourth-order valence-electron chi connectivity index (χ4n) is 2.61. The van der Waals surface area contributed by atoms with E-state index >= 15 is 0 Å². The Kier molecular flexibility index (Phi) is 10.5. The zero-order valence-corrected chi connectivity index (χ0v) is 20.5. The molecular formula is C23H25IN2O7. The van der Waals surface area contributed by atoms with Gasteiger partial charge >= 0.3 is 5.97 Å². The Morgan fingerprint density at radius 3 is 2.45 bits per heavy atom. The third-order valence-corrected chi connectivity index (χ3v) is 4.72. The number of ether oxygens (including phenoxy) is 4. The number of benzene rings is 2. The molecule has 0 saturated heterocycles. The first kappa shape index (κ1) is 26.0. The Morgan fingerprint density at radius 1 is 1.06 bits per heavy atom. The number of carbonyl (C=O) groups excluding carboxylic acids is 1. The van der Waals surface area contributed by atoms with Gasteiger partial charge in [-0.2, -0.15) is 5.10 Å². The van der Waals surface area contributed by atoms with Gasteiger partial charge in [-0.1, -0.05) is 12.7 Å². The van der Waals surface area contributed by atoms with Crippen molar-refractivity contribution >= 4 is 40.7 Å². The minimum absolute atomic E-state index is 0.318. The molecule has 1 amide bonds. The average Bonchev–Trinajstić information content (AvgIpc) is 2.77. The fourth-order valence-corrected chi connectivity index (χ4v) is 3.40. The number of nitrogens with one attached hydrogen (secondary N) is 1. The number of halogens is 1. The first-order chi connectivity index (χ1) is 15.9. The van der Waals surface area contributed by atoms with Gasteiger partial charge < -0.3 is 24.1 Å². The van der Waals surface area contributed by atoms with Gasteiger partial charge in [-0.3, -0.25) is 4.79 Å². The van der Waals surface area contributed by atoms with Crippen LogP contribution >= 0.6 is 22.6 Å². The largest absolute Gasteiger partial charge is 0.490 e. The van der Waals surface area contributed by atoms with E-state index in [-0.39, 0.29) is 0 Å². The van der Waals surface area contributed by atoms with Crippen LogP contribution in [0.5, 0.6) is 23.0 Å². The lowest BCUT2D eigenvalue weighted by atomic mass is 10.2. The minimum Gasteiger partial charge on any atom is -0.490 e. The summed E-state index contributed by atoms with van der Waals surface area (Å²) in [6.45, 7) is 7.87. The molecule has 176 valence electrons. The average molecular weight is 568 g/mol. The molecule has 0 aliphatic rings. The van der Waals surface area contributed by atoms with Crippen molar-refractivity contribution in [3.63, 3.8) is 0 Å². The summed E-state index contributed by atoms with van der Waals surface area (Å²) in [5.41, 5.74) is 3.45. The van der Waals surface area contributed by atoms with Crippen molar-refractivity contribution in [3.8, 4) is 23.0 Å². The Labute approximate surface area is 205 Å². The number of carboxylic acid groups (broad SMARTS) is 1. The van der Waals surface area contributed by atoms with Gasteiger partial charge in [-0.15, -0.1) is 0 Å². The van der Waals surface area contributed by atoms with E-state index in [0.717, 1.165) is 0 Å². The highest BCUT2D eigenvalue weighted by molar-refractivity contribution is 14.1. The topological polar surface area (TPSA) is 116 Å². The quantitative estimate of drug-likeness (QED) is 0.163. The molecule has 33 heavy (non-hydrogen) atoms. The van der Waals surface area contributed by atoms with Gasteiger partial charge in [0.1, 0.15) is 6.61 Å². The fraction of sp³-hybridized carbons (Fsp3) is 0.261. The number of rotatable bonds is 13. The molecule has 0 aliphatic carbocycles. The molecule has 0 heterocycles. The summed E-state index contributed by atoms with van der Waals surface area (Å²) in [5, 5.41) is 12.9. The van der Waals surface area contributed by atoms with Crippen LogP contribution in [-0.4, -0.2) is 49.6 Å².